The van der Waals surface area contributed by atoms with Crippen molar-refractivity contribution >= 4 is 17.7 Å². The Morgan fingerprint density at radius 3 is 2.76 bits per heavy atom. The summed E-state index contributed by atoms with van der Waals surface area (Å²) >= 11 is 0. The van der Waals surface area contributed by atoms with Crippen LogP contribution in [0, 0.1) is 0 Å². The lowest BCUT2D eigenvalue weighted by molar-refractivity contribution is -0.124. The molecule has 0 aliphatic carbocycles. The van der Waals surface area contributed by atoms with Crippen LogP contribution in [-0.2, 0) is 10.2 Å². The predicted molar refractivity (Wildman–Crippen MR) is 116 cm³/mol. The molecule has 4 heteroatoms. The zero-order valence-corrected chi connectivity index (χ0v) is 17.1. The molecule has 2 aromatic carbocycles. The molecule has 1 N–H and O–H groups in total. The lowest BCUT2D eigenvalue weighted by atomic mass is 9.74. The second kappa shape index (κ2) is 6.24. The van der Waals surface area contributed by atoms with Gasteiger partial charge in [0, 0.05) is 29.6 Å². The van der Waals surface area contributed by atoms with E-state index in [2.05, 4.69) is 79.5 Å². The first-order valence-corrected chi connectivity index (χ1v) is 10.3. The molecule has 2 atom stereocenters. The molecule has 0 saturated carbocycles. The van der Waals surface area contributed by atoms with E-state index in [1.165, 1.54) is 11.3 Å². The lowest BCUT2D eigenvalue weighted by Crippen LogP contribution is -2.68. The van der Waals surface area contributed by atoms with Gasteiger partial charge < -0.3 is 15.0 Å². The highest BCUT2D eigenvalue weighted by molar-refractivity contribution is 5.84. The molecular weight excluding hydrogens is 360 g/mol. The standard InChI is InChI=1S/C25H26N2O2/c1-17-18(16-19-8-4-7-11-22(19)29-17)12-14-25-24(2,3)20-9-5-6-10-21(20)27(25)15-13-23(28)26-25/h4-12,14,16-17H,13,15H2,1-3H3,(H,26,28). The minimum atomic E-state index is -0.594. The van der Waals surface area contributed by atoms with Crippen LogP contribution in [0.25, 0.3) is 6.08 Å². The van der Waals surface area contributed by atoms with Crippen molar-refractivity contribution in [2.45, 2.75) is 44.4 Å². The Kier molecular flexibility index (Phi) is 3.89. The predicted octanol–water partition coefficient (Wildman–Crippen LogP) is 4.42. The molecule has 148 valence electrons. The zero-order chi connectivity index (χ0) is 20.2. The van der Waals surface area contributed by atoms with Gasteiger partial charge in [-0.05, 0) is 42.3 Å². The molecule has 3 heterocycles. The number of para-hydroxylation sites is 2. The number of fused-ring (bicyclic) bond motifs is 4. The number of rotatable bonds is 2. The van der Waals surface area contributed by atoms with Crippen molar-refractivity contribution < 1.29 is 9.53 Å². The second-order valence-electron chi connectivity index (χ2n) is 8.63. The highest BCUT2D eigenvalue weighted by atomic mass is 16.5. The number of ether oxygens (including phenoxy) is 1. The Hall–Kier alpha value is -3.01. The van der Waals surface area contributed by atoms with Gasteiger partial charge in [-0.1, -0.05) is 56.3 Å². The molecule has 0 aromatic heterocycles. The summed E-state index contributed by atoms with van der Waals surface area (Å²) in [5, 5.41) is 3.33. The van der Waals surface area contributed by atoms with Crippen LogP contribution in [0.3, 0.4) is 0 Å². The van der Waals surface area contributed by atoms with Crippen LogP contribution >= 0.6 is 0 Å². The molecule has 5 rings (SSSR count). The van der Waals surface area contributed by atoms with Crippen LogP contribution in [0.15, 0.2) is 66.3 Å². The molecule has 29 heavy (non-hydrogen) atoms. The third-order valence-corrected chi connectivity index (χ3v) is 6.67. The number of benzene rings is 2. The van der Waals surface area contributed by atoms with E-state index in [-0.39, 0.29) is 17.4 Å². The number of carbonyl (C=O) groups excluding carboxylic acids is 1. The maximum Gasteiger partial charge on any atom is 0.223 e. The molecule has 2 aromatic rings. The fourth-order valence-electron chi connectivity index (χ4n) is 4.98. The Labute approximate surface area is 171 Å². The summed E-state index contributed by atoms with van der Waals surface area (Å²) in [6, 6.07) is 16.6. The molecule has 0 radical (unpaired) electrons. The van der Waals surface area contributed by atoms with E-state index in [9.17, 15) is 4.79 Å². The Morgan fingerprint density at radius 2 is 1.90 bits per heavy atom. The van der Waals surface area contributed by atoms with Crippen LogP contribution in [0.4, 0.5) is 5.69 Å². The molecule has 1 fully saturated rings. The van der Waals surface area contributed by atoms with Gasteiger partial charge in [0.1, 0.15) is 17.5 Å². The topological polar surface area (TPSA) is 41.6 Å². The maximum atomic E-state index is 12.5. The van der Waals surface area contributed by atoms with Crippen LogP contribution in [0.2, 0.25) is 0 Å². The van der Waals surface area contributed by atoms with E-state index in [1.807, 2.05) is 18.2 Å². The van der Waals surface area contributed by atoms with Crippen molar-refractivity contribution in [2.24, 2.45) is 0 Å². The third kappa shape index (κ3) is 2.55. The first-order valence-electron chi connectivity index (χ1n) is 10.3. The van der Waals surface area contributed by atoms with Crippen molar-refractivity contribution in [3.05, 3.63) is 77.4 Å². The zero-order valence-electron chi connectivity index (χ0n) is 17.1. The van der Waals surface area contributed by atoms with Gasteiger partial charge in [-0.15, -0.1) is 0 Å². The van der Waals surface area contributed by atoms with Crippen molar-refractivity contribution in [2.75, 3.05) is 11.4 Å². The van der Waals surface area contributed by atoms with E-state index in [0.717, 1.165) is 16.9 Å². The molecule has 2 unspecified atom stereocenters. The fraction of sp³-hybridized carbons (Fsp3) is 0.320. The molecule has 3 aliphatic rings. The second-order valence-corrected chi connectivity index (χ2v) is 8.63. The minimum Gasteiger partial charge on any atom is -0.485 e. The summed E-state index contributed by atoms with van der Waals surface area (Å²) in [5.74, 6) is 1.01. The summed E-state index contributed by atoms with van der Waals surface area (Å²) in [6.45, 7) is 7.21. The number of anilines is 1. The normalized spacial score (nSPS) is 26.9. The number of nitrogens with zero attached hydrogens (tertiary/aromatic N) is 1. The molecule has 1 saturated heterocycles. The summed E-state index contributed by atoms with van der Waals surface area (Å²) in [6.07, 6.45) is 6.95. The molecule has 4 nitrogen and oxygen atoms in total. The largest absolute Gasteiger partial charge is 0.485 e. The van der Waals surface area contributed by atoms with Crippen LogP contribution in [-0.4, -0.2) is 24.2 Å². The number of hydrogen-bond donors (Lipinski definition) is 1. The van der Waals surface area contributed by atoms with E-state index in [4.69, 9.17) is 4.74 Å². The van der Waals surface area contributed by atoms with Crippen LogP contribution in [0.1, 0.15) is 38.3 Å². The van der Waals surface area contributed by atoms with E-state index in [0.29, 0.717) is 13.0 Å². The molecule has 0 spiro atoms. The van der Waals surface area contributed by atoms with Crippen molar-refractivity contribution in [1.82, 2.24) is 5.32 Å². The van der Waals surface area contributed by atoms with Crippen molar-refractivity contribution in [3.63, 3.8) is 0 Å². The third-order valence-electron chi connectivity index (χ3n) is 6.67. The highest BCUT2D eigenvalue weighted by Crippen LogP contribution is 2.52. The van der Waals surface area contributed by atoms with E-state index in [1.54, 1.807) is 0 Å². The summed E-state index contributed by atoms with van der Waals surface area (Å²) in [4.78, 5) is 14.9. The fourth-order valence-corrected chi connectivity index (χ4v) is 4.98. The van der Waals surface area contributed by atoms with Crippen LogP contribution in [0.5, 0.6) is 5.75 Å². The van der Waals surface area contributed by atoms with Gasteiger partial charge in [-0.3, -0.25) is 4.79 Å². The van der Waals surface area contributed by atoms with Crippen LogP contribution < -0.4 is 15.0 Å². The summed E-state index contributed by atoms with van der Waals surface area (Å²) in [7, 11) is 0. The smallest absolute Gasteiger partial charge is 0.223 e. The monoisotopic (exact) mass is 386 g/mol. The highest BCUT2D eigenvalue weighted by Gasteiger charge is 2.57. The molecular formula is C25H26N2O2. The van der Waals surface area contributed by atoms with Gasteiger partial charge in [0.2, 0.25) is 5.91 Å². The minimum absolute atomic E-state index is 0.0443. The van der Waals surface area contributed by atoms with Crippen molar-refractivity contribution in [3.8, 4) is 5.75 Å². The Morgan fingerprint density at radius 1 is 1.14 bits per heavy atom. The van der Waals surface area contributed by atoms with Crippen molar-refractivity contribution in [1.29, 1.82) is 0 Å². The number of amides is 1. The average molecular weight is 386 g/mol. The van der Waals surface area contributed by atoms with E-state index >= 15 is 0 Å². The Bertz CT molecular complexity index is 1050. The average Bonchev–Trinajstić information content (AvgIpc) is 2.90. The van der Waals surface area contributed by atoms with Gasteiger partial charge in [0.25, 0.3) is 0 Å². The quantitative estimate of drug-likeness (QED) is 0.831. The van der Waals surface area contributed by atoms with E-state index < -0.39 is 5.66 Å². The maximum absolute atomic E-state index is 12.5. The number of carbonyl (C=O) groups is 1. The molecule has 3 aliphatic heterocycles. The summed E-state index contributed by atoms with van der Waals surface area (Å²) < 4.78 is 6.11. The van der Waals surface area contributed by atoms with Gasteiger partial charge in [0.15, 0.2) is 0 Å². The van der Waals surface area contributed by atoms with Gasteiger partial charge in [0.05, 0.1) is 0 Å². The Balaban J connectivity index is 1.60. The first kappa shape index (κ1) is 18.0. The van der Waals surface area contributed by atoms with Gasteiger partial charge >= 0.3 is 0 Å². The van der Waals surface area contributed by atoms with Gasteiger partial charge in [-0.2, -0.15) is 0 Å². The first-order chi connectivity index (χ1) is 13.9. The lowest BCUT2D eigenvalue weighted by Gasteiger charge is -2.49. The number of nitrogens with one attached hydrogen (secondary N) is 1. The number of hydrogen-bond acceptors (Lipinski definition) is 3. The molecule has 1 amide bonds. The van der Waals surface area contributed by atoms with Gasteiger partial charge in [-0.25, -0.2) is 0 Å². The SMILES string of the molecule is CC1Oc2ccccc2C=C1C=CC12NC(=O)CCN1c1ccccc1C2(C)C. The summed E-state index contributed by atoms with van der Waals surface area (Å²) in [5.41, 5.74) is 3.79. The molecule has 0 bridgehead atoms.